The fraction of sp³-hybridized carbons (Fsp3) is 0.214. The number of rotatable bonds is 6. The zero-order valence-corrected chi connectivity index (χ0v) is 13.3. The van der Waals surface area contributed by atoms with Gasteiger partial charge in [0.05, 0.1) is 5.25 Å². The van der Waals surface area contributed by atoms with E-state index in [0.29, 0.717) is 17.5 Å². The van der Waals surface area contributed by atoms with E-state index in [1.165, 1.54) is 11.8 Å². The number of nitrogens with zero attached hydrogens (tertiary/aromatic N) is 4. The quantitative estimate of drug-likeness (QED) is 0.606. The van der Waals surface area contributed by atoms with Crippen LogP contribution in [0, 0.1) is 0 Å². The molecule has 0 fully saturated rings. The molecule has 2 rings (SSSR count). The van der Waals surface area contributed by atoms with Gasteiger partial charge >= 0.3 is 6.03 Å². The molecule has 0 aliphatic heterocycles. The lowest BCUT2D eigenvalue weighted by Gasteiger charge is -2.11. The fourth-order valence-electron chi connectivity index (χ4n) is 1.82. The maximum atomic E-state index is 11.8. The Kier molecular flexibility index (Phi) is 5.47. The number of primary amides is 1. The van der Waals surface area contributed by atoms with E-state index in [1.54, 1.807) is 25.4 Å². The van der Waals surface area contributed by atoms with Gasteiger partial charge < -0.3 is 5.73 Å². The molecule has 0 aromatic carbocycles. The van der Waals surface area contributed by atoms with Crippen LogP contribution in [0.5, 0.6) is 0 Å². The molecular weight excluding hydrogens is 316 g/mol. The van der Waals surface area contributed by atoms with Crippen LogP contribution in [0.4, 0.5) is 4.79 Å². The standard InChI is InChI=1S/C14H16N6O2S/c1-3-8-20-11(10-4-6-16-7-5-10)18-19-14(20)23-9(2)12(21)17-13(15)22/h3-7,9H,1,8H2,2H3,(H3,15,17,21,22)/t9-/m1/s1. The highest BCUT2D eigenvalue weighted by atomic mass is 32.2. The van der Waals surface area contributed by atoms with E-state index in [9.17, 15) is 9.59 Å². The third-order valence-corrected chi connectivity index (χ3v) is 3.95. The highest BCUT2D eigenvalue weighted by Gasteiger charge is 2.21. The van der Waals surface area contributed by atoms with E-state index in [4.69, 9.17) is 5.73 Å². The van der Waals surface area contributed by atoms with Crippen molar-refractivity contribution in [2.45, 2.75) is 23.9 Å². The number of carbonyl (C=O) groups is 2. The van der Waals surface area contributed by atoms with E-state index in [-0.39, 0.29) is 0 Å². The van der Waals surface area contributed by atoms with Crippen molar-refractivity contribution in [3.63, 3.8) is 0 Å². The molecule has 2 aromatic heterocycles. The van der Waals surface area contributed by atoms with Crippen LogP contribution in [0.1, 0.15) is 6.92 Å². The average Bonchev–Trinajstić information content (AvgIpc) is 2.90. The van der Waals surface area contributed by atoms with Gasteiger partial charge in [0.15, 0.2) is 11.0 Å². The third-order valence-electron chi connectivity index (χ3n) is 2.86. The molecule has 0 aliphatic rings. The van der Waals surface area contributed by atoms with Crippen molar-refractivity contribution in [3.8, 4) is 11.4 Å². The molecule has 0 radical (unpaired) electrons. The minimum Gasteiger partial charge on any atom is -0.351 e. The van der Waals surface area contributed by atoms with Gasteiger partial charge in [-0.05, 0) is 19.1 Å². The monoisotopic (exact) mass is 332 g/mol. The number of hydrogen-bond donors (Lipinski definition) is 2. The smallest absolute Gasteiger partial charge is 0.318 e. The molecule has 120 valence electrons. The normalized spacial score (nSPS) is 11.7. The van der Waals surface area contributed by atoms with E-state index >= 15 is 0 Å². The first-order valence-electron chi connectivity index (χ1n) is 6.74. The second kappa shape index (κ2) is 7.54. The number of nitrogens with two attached hydrogens (primary N) is 1. The molecule has 0 bridgehead atoms. The Morgan fingerprint density at radius 3 is 2.74 bits per heavy atom. The molecule has 3 N–H and O–H groups in total. The van der Waals surface area contributed by atoms with Crippen LogP contribution in [-0.4, -0.2) is 36.9 Å². The topological polar surface area (TPSA) is 116 Å². The maximum Gasteiger partial charge on any atom is 0.318 e. The van der Waals surface area contributed by atoms with Gasteiger partial charge in [-0.1, -0.05) is 17.8 Å². The Balaban J connectivity index is 2.26. The molecule has 3 amide bonds. The zero-order chi connectivity index (χ0) is 16.8. The van der Waals surface area contributed by atoms with Crippen LogP contribution in [0.2, 0.25) is 0 Å². The number of imide groups is 1. The number of carbonyl (C=O) groups excluding carboxylic acids is 2. The molecule has 9 heteroatoms. The Bertz CT molecular complexity index is 715. The predicted octanol–water partition coefficient (Wildman–Crippen LogP) is 1.20. The van der Waals surface area contributed by atoms with Gasteiger partial charge in [-0.25, -0.2) is 4.79 Å². The van der Waals surface area contributed by atoms with Gasteiger partial charge in [-0.2, -0.15) is 0 Å². The first-order chi connectivity index (χ1) is 11.0. The Labute approximate surface area is 137 Å². The Morgan fingerprint density at radius 2 is 2.13 bits per heavy atom. The molecule has 0 unspecified atom stereocenters. The predicted molar refractivity (Wildman–Crippen MR) is 86.5 cm³/mol. The number of urea groups is 1. The van der Waals surface area contributed by atoms with Crippen molar-refractivity contribution >= 4 is 23.7 Å². The third kappa shape index (κ3) is 4.16. The minimum absolute atomic E-state index is 0.483. The number of thioether (sulfide) groups is 1. The van der Waals surface area contributed by atoms with Gasteiger partial charge in [0.2, 0.25) is 5.91 Å². The highest BCUT2D eigenvalue weighted by Crippen LogP contribution is 2.26. The van der Waals surface area contributed by atoms with Crippen LogP contribution in [0.15, 0.2) is 42.3 Å². The van der Waals surface area contributed by atoms with Crippen molar-refractivity contribution in [2.24, 2.45) is 5.73 Å². The molecule has 0 aliphatic carbocycles. The summed E-state index contributed by atoms with van der Waals surface area (Å²) in [6.45, 7) is 5.86. The summed E-state index contributed by atoms with van der Waals surface area (Å²) in [5.74, 6) is 0.165. The summed E-state index contributed by atoms with van der Waals surface area (Å²) in [6, 6.07) is 2.76. The van der Waals surface area contributed by atoms with E-state index < -0.39 is 17.2 Å². The van der Waals surface area contributed by atoms with Crippen LogP contribution in [-0.2, 0) is 11.3 Å². The summed E-state index contributed by atoms with van der Waals surface area (Å²) in [5.41, 5.74) is 5.81. The highest BCUT2D eigenvalue weighted by molar-refractivity contribution is 8.00. The lowest BCUT2D eigenvalue weighted by Crippen LogP contribution is -2.39. The van der Waals surface area contributed by atoms with Crippen LogP contribution < -0.4 is 11.1 Å². The largest absolute Gasteiger partial charge is 0.351 e. The van der Waals surface area contributed by atoms with Crippen LogP contribution in [0.25, 0.3) is 11.4 Å². The van der Waals surface area contributed by atoms with Gasteiger partial charge in [0, 0.05) is 24.5 Å². The number of hydrogen-bond acceptors (Lipinski definition) is 6. The number of pyridine rings is 1. The van der Waals surface area contributed by atoms with Gasteiger partial charge in [-0.3, -0.25) is 19.7 Å². The van der Waals surface area contributed by atoms with Crippen molar-refractivity contribution in [1.82, 2.24) is 25.1 Å². The Morgan fingerprint density at radius 1 is 1.43 bits per heavy atom. The van der Waals surface area contributed by atoms with E-state index in [2.05, 4.69) is 21.8 Å². The molecule has 0 spiro atoms. The van der Waals surface area contributed by atoms with E-state index in [1.807, 2.05) is 22.0 Å². The Hall–Kier alpha value is -2.68. The minimum atomic E-state index is -0.882. The summed E-state index contributed by atoms with van der Waals surface area (Å²) in [7, 11) is 0. The summed E-state index contributed by atoms with van der Waals surface area (Å²) in [4.78, 5) is 26.5. The number of aromatic nitrogens is 4. The number of nitrogens with one attached hydrogen (secondary N) is 1. The van der Waals surface area contributed by atoms with Gasteiger partial charge in [0.25, 0.3) is 0 Å². The molecule has 0 saturated heterocycles. The van der Waals surface area contributed by atoms with E-state index in [0.717, 1.165) is 5.56 Å². The molecule has 8 nitrogen and oxygen atoms in total. The van der Waals surface area contributed by atoms with Crippen molar-refractivity contribution in [1.29, 1.82) is 0 Å². The lowest BCUT2D eigenvalue weighted by atomic mass is 10.2. The number of amides is 3. The molecular formula is C14H16N6O2S. The molecule has 2 aromatic rings. The van der Waals surface area contributed by atoms with Crippen molar-refractivity contribution < 1.29 is 9.59 Å². The second-order valence-corrected chi connectivity index (χ2v) is 5.86. The first kappa shape index (κ1) is 16.7. The van der Waals surface area contributed by atoms with Crippen LogP contribution in [0.3, 0.4) is 0 Å². The molecule has 23 heavy (non-hydrogen) atoms. The maximum absolute atomic E-state index is 11.8. The molecule has 2 heterocycles. The zero-order valence-electron chi connectivity index (χ0n) is 12.5. The molecule has 0 saturated carbocycles. The summed E-state index contributed by atoms with van der Waals surface area (Å²) < 4.78 is 1.83. The second-order valence-electron chi connectivity index (χ2n) is 4.55. The molecule has 1 atom stereocenters. The summed E-state index contributed by atoms with van der Waals surface area (Å²) in [6.07, 6.45) is 5.04. The summed E-state index contributed by atoms with van der Waals surface area (Å²) in [5, 5.41) is 10.3. The van der Waals surface area contributed by atoms with Crippen molar-refractivity contribution in [2.75, 3.05) is 0 Å². The van der Waals surface area contributed by atoms with Gasteiger partial charge in [0.1, 0.15) is 0 Å². The fourth-order valence-corrected chi connectivity index (χ4v) is 2.68. The van der Waals surface area contributed by atoms with Crippen molar-refractivity contribution in [3.05, 3.63) is 37.2 Å². The van der Waals surface area contributed by atoms with Crippen LogP contribution >= 0.6 is 11.8 Å². The number of allylic oxidation sites excluding steroid dienone is 1. The lowest BCUT2D eigenvalue weighted by molar-refractivity contribution is -0.119. The summed E-state index contributed by atoms with van der Waals surface area (Å²) >= 11 is 1.18. The SMILES string of the molecule is C=CCn1c(S[C@H](C)C(=O)NC(N)=O)nnc1-c1ccncc1. The van der Waals surface area contributed by atoms with Gasteiger partial charge in [-0.15, -0.1) is 16.8 Å². The first-order valence-corrected chi connectivity index (χ1v) is 7.62. The average molecular weight is 332 g/mol.